The second-order valence-corrected chi connectivity index (χ2v) is 3.48. The van der Waals surface area contributed by atoms with Crippen LogP contribution < -0.4 is 0 Å². The fraction of sp³-hybridized carbons (Fsp3) is 0.417. The third-order valence-corrected chi connectivity index (χ3v) is 2.48. The summed E-state index contributed by atoms with van der Waals surface area (Å²) in [4.78, 5) is 11.2. The van der Waals surface area contributed by atoms with E-state index in [0.29, 0.717) is 6.42 Å². The van der Waals surface area contributed by atoms with E-state index >= 15 is 0 Å². The summed E-state index contributed by atoms with van der Waals surface area (Å²) in [5, 5.41) is 9.33. The SMILES string of the molecule is CC[C@H](CC(=O)OC)c1cccc(O)c1. The van der Waals surface area contributed by atoms with E-state index in [-0.39, 0.29) is 17.6 Å². The summed E-state index contributed by atoms with van der Waals surface area (Å²) in [6, 6.07) is 7.01. The number of rotatable bonds is 4. The van der Waals surface area contributed by atoms with Crippen LogP contribution in [-0.2, 0) is 9.53 Å². The Kier molecular flexibility index (Phi) is 4.16. The van der Waals surface area contributed by atoms with Gasteiger partial charge in [0, 0.05) is 0 Å². The van der Waals surface area contributed by atoms with Crippen molar-refractivity contribution in [3.05, 3.63) is 29.8 Å². The van der Waals surface area contributed by atoms with Crippen LogP contribution in [-0.4, -0.2) is 18.2 Å². The van der Waals surface area contributed by atoms with E-state index in [1.54, 1.807) is 18.2 Å². The Bertz CT molecular complexity index is 333. The van der Waals surface area contributed by atoms with Crippen molar-refractivity contribution in [2.45, 2.75) is 25.7 Å². The molecule has 15 heavy (non-hydrogen) atoms. The Morgan fingerprint density at radius 3 is 2.80 bits per heavy atom. The highest BCUT2D eigenvalue weighted by Crippen LogP contribution is 2.26. The lowest BCUT2D eigenvalue weighted by molar-refractivity contribution is -0.141. The standard InChI is InChI=1S/C12H16O3/c1-3-9(8-12(14)15-2)10-5-4-6-11(13)7-10/h4-7,9,13H,3,8H2,1-2H3/t9-/m1/s1. The molecule has 0 aromatic heterocycles. The van der Waals surface area contributed by atoms with Gasteiger partial charge >= 0.3 is 5.97 Å². The number of hydrogen-bond donors (Lipinski definition) is 1. The zero-order chi connectivity index (χ0) is 11.3. The minimum absolute atomic E-state index is 0.115. The number of phenols is 1. The smallest absolute Gasteiger partial charge is 0.306 e. The zero-order valence-electron chi connectivity index (χ0n) is 9.06. The lowest BCUT2D eigenvalue weighted by atomic mass is 9.93. The molecular weight excluding hydrogens is 192 g/mol. The zero-order valence-corrected chi connectivity index (χ0v) is 9.06. The van der Waals surface area contributed by atoms with Gasteiger partial charge in [-0.2, -0.15) is 0 Å². The Balaban J connectivity index is 2.78. The molecular formula is C12H16O3. The first-order valence-corrected chi connectivity index (χ1v) is 5.03. The summed E-state index contributed by atoms with van der Waals surface area (Å²) in [5.74, 6) is 0.130. The van der Waals surface area contributed by atoms with Crippen molar-refractivity contribution in [3.8, 4) is 5.75 Å². The largest absolute Gasteiger partial charge is 0.508 e. The molecule has 0 aliphatic carbocycles. The first-order chi connectivity index (χ1) is 7.17. The number of esters is 1. The van der Waals surface area contributed by atoms with Crippen LogP contribution in [0.15, 0.2) is 24.3 Å². The Morgan fingerprint density at radius 2 is 2.27 bits per heavy atom. The van der Waals surface area contributed by atoms with Gasteiger partial charge in [-0.15, -0.1) is 0 Å². The molecule has 1 N–H and O–H groups in total. The van der Waals surface area contributed by atoms with Gasteiger partial charge in [0.05, 0.1) is 13.5 Å². The maximum absolute atomic E-state index is 11.2. The molecule has 0 radical (unpaired) electrons. The third-order valence-electron chi connectivity index (χ3n) is 2.48. The molecule has 1 atom stereocenters. The molecule has 1 rings (SSSR count). The van der Waals surface area contributed by atoms with Gasteiger partial charge in [-0.3, -0.25) is 4.79 Å². The quantitative estimate of drug-likeness (QED) is 0.773. The average molecular weight is 208 g/mol. The van der Waals surface area contributed by atoms with Gasteiger partial charge in [-0.25, -0.2) is 0 Å². The van der Waals surface area contributed by atoms with Crippen LogP contribution in [0.2, 0.25) is 0 Å². The molecule has 0 fully saturated rings. The predicted octanol–water partition coefficient (Wildman–Crippen LogP) is 2.45. The first-order valence-electron chi connectivity index (χ1n) is 5.03. The number of phenolic OH excluding ortho intramolecular Hbond substituents is 1. The van der Waals surface area contributed by atoms with Crippen LogP contribution in [0, 0.1) is 0 Å². The Labute approximate surface area is 89.7 Å². The van der Waals surface area contributed by atoms with Crippen LogP contribution >= 0.6 is 0 Å². The van der Waals surface area contributed by atoms with E-state index in [1.807, 2.05) is 13.0 Å². The van der Waals surface area contributed by atoms with E-state index in [0.717, 1.165) is 12.0 Å². The number of carbonyl (C=O) groups excluding carboxylic acids is 1. The summed E-state index contributed by atoms with van der Waals surface area (Å²) in [5.41, 5.74) is 0.975. The van der Waals surface area contributed by atoms with Crippen LogP contribution in [0.5, 0.6) is 5.75 Å². The van der Waals surface area contributed by atoms with E-state index in [4.69, 9.17) is 0 Å². The van der Waals surface area contributed by atoms with Gasteiger partial charge in [-0.05, 0) is 30.0 Å². The molecule has 1 aromatic rings. The van der Waals surface area contributed by atoms with Crippen molar-refractivity contribution in [1.29, 1.82) is 0 Å². The molecule has 82 valence electrons. The monoisotopic (exact) mass is 208 g/mol. The van der Waals surface area contributed by atoms with Crippen molar-refractivity contribution in [2.24, 2.45) is 0 Å². The second-order valence-electron chi connectivity index (χ2n) is 3.48. The fourth-order valence-electron chi connectivity index (χ4n) is 1.56. The van der Waals surface area contributed by atoms with Crippen molar-refractivity contribution >= 4 is 5.97 Å². The van der Waals surface area contributed by atoms with Crippen LogP contribution in [0.4, 0.5) is 0 Å². The molecule has 0 aliphatic heterocycles. The molecule has 0 saturated heterocycles. The molecule has 0 bridgehead atoms. The van der Waals surface area contributed by atoms with Crippen molar-refractivity contribution in [3.63, 3.8) is 0 Å². The topological polar surface area (TPSA) is 46.5 Å². The molecule has 1 aromatic carbocycles. The first kappa shape index (κ1) is 11.6. The second kappa shape index (κ2) is 5.39. The normalized spacial score (nSPS) is 12.1. The highest BCUT2D eigenvalue weighted by molar-refractivity contribution is 5.70. The van der Waals surface area contributed by atoms with Gasteiger partial charge in [0.1, 0.15) is 5.75 Å². The van der Waals surface area contributed by atoms with E-state index in [9.17, 15) is 9.90 Å². The predicted molar refractivity (Wildman–Crippen MR) is 57.8 cm³/mol. The molecule has 0 heterocycles. The Morgan fingerprint density at radius 1 is 1.53 bits per heavy atom. The maximum atomic E-state index is 11.2. The van der Waals surface area contributed by atoms with Gasteiger partial charge in [0.25, 0.3) is 0 Å². The van der Waals surface area contributed by atoms with Crippen molar-refractivity contribution < 1.29 is 14.6 Å². The average Bonchev–Trinajstić information content (AvgIpc) is 2.25. The van der Waals surface area contributed by atoms with E-state index in [1.165, 1.54) is 7.11 Å². The number of ether oxygens (including phenoxy) is 1. The molecule has 0 spiro atoms. The van der Waals surface area contributed by atoms with Crippen molar-refractivity contribution in [2.75, 3.05) is 7.11 Å². The van der Waals surface area contributed by atoms with Gasteiger partial charge in [-0.1, -0.05) is 19.1 Å². The van der Waals surface area contributed by atoms with Crippen LogP contribution in [0.1, 0.15) is 31.2 Å². The van der Waals surface area contributed by atoms with Crippen molar-refractivity contribution in [1.82, 2.24) is 0 Å². The van der Waals surface area contributed by atoms with Crippen LogP contribution in [0.3, 0.4) is 0 Å². The molecule has 0 saturated carbocycles. The lowest BCUT2D eigenvalue weighted by Gasteiger charge is -2.13. The molecule has 3 heteroatoms. The number of methoxy groups -OCH3 is 1. The molecule has 0 amide bonds. The summed E-state index contributed by atoms with van der Waals surface area (Å²) >= 11 is 0. The van der Waals surface area contributed by atoms with Crippen LogP contribution in [0.25, 0.3) is 0 Å². The summed E-state index contributed by atoms with van der Waals surface area (Å²) in [7, 11) is 1.39. The summed E-state index contributed by atoms with van der Waals surface area (Å²) in [6.45, 7) is 2.01. The molecule has 0 unspecified atom stereocenters. The van der Waals surface area contributed by atoms with E-state index < -0.39 is 0 Å². The minimum Gasteiger partial charge on any atom is -0.508 e. The lowest BCUT2D eigenvalue weighted by Crippen LogP contribution is -2.07. The highest BCUT2D eigenvalue weighted by atomic mass is 16.5. The van der Waals surface area contributed by atoms with Gasteiger partial charge in [0.2, 0.25) is 0 Å². The molecule has 0 aliphatic rings. The minimum atomic E-state index is -0.217. The molecule has 3 nitrogen and oxygen atoms in total. The van der Waals surface area contributed by atoms with Gasteiger partial charge < -0.3 is 9.84 Å². The Hall–Kier alpha value is -1.51. The highest BCUT2D eigenvalue weighted by Gasteiger charge is 2.14. The van der Waals surface area contributed by atoms with Gasteiger partial charge in [0.15, 0.2) is 0 Å². The summed E-state index contributed by atoms with van der Waals surface area (Å²) < 4.78 is 4.63. The summed E-state index contributed by atoms with van der Waals surface area (Å²) in [6.07, 6.45) is 1.20. The number of carbonyl (C=O) groups is 1. The fourth-order valence-corrected chi connectivity index (χ4v) is 1.56. The third kappa shape index (κ3) is 3.27. The number of aromatic hydroxyl groups is 1. The maximum Gasteiger partial charge on any atom is 0.306 e. The van der Waals surface area contributed by atoms with E-state index in [2.05, 4.69) is 4.74 Å². The number of benzene rings is 1. The number of hydrogen-bond acceptors (Lipinski definition) is 3.